The van der Waals surface area contributed by atoms with Gasteiger partial charge in [0.25, 0.3) is 5.91 Å². The van der Waals surface area contributed by atoms with Crippen molar-refractivity contribution in [3.8, 4) is 0 Å². The Morgan fingerprint density at radius 2 is 1.92 bits per heavy atom. The van der Waals surface area contributed by atoms with Crippen molar-refractivity contribution in [2.24, 2.45) is 0 Å². The molecule has 1 aliphatic rings. The molecule has 2 heterocycles. The standard InChI is InChI=1S/C20H18N2OS/c1-14-6-8-16(9-7-14)20-22(12-13-24-20)19(23)18-17-5-3-2-4-15(17)10-11-21-18/h2-11,20H,12-13H2,1H3. The van der Waals surface area contributed by atoms with Crippen LogP contribution in [0.5, 0.6) is 0 Å². The summed E-state index contributed by atoms with van der Waals surface area (Å²) in [5.74, 6) is 0.970. The molecule has 0 N–H and O–H groups in total. The summed E-state index contributed by atoms with van der Waals surface area (Å²) in [7, 11) is 0. The number of aromatic nitrogens is 1. The van der Waals surface area contributed by atoms with Crippen LogP contribution in [-0.4, -0.2) is 28.1 Å². The molecule has 0 saturated carbocycles. The first-order valence-corrected chi connectivity index (χ1v) is 9.12. The predicted molar refractivity (Wildman–Crippen MR) is 99.2 cm³/mol. The van der Waals surface area contributed by atoms with Gasteiger partial charge in [-0.3, -0.25) is 9.78 Å². The Bertz CT molecular complexity index is 886. The Morgan fingerprint density at radius 3 is 2.75 bits per heavy atom. The van der Waals surface area contributed by atoms with E-state index < -0.39 is 0 Å². The average Bonchev–Trinajstić information content (AvgIpc) is 3.11. The minimum Gasteiger partial charge on any atom is -0.320 e. The van der Waals surface area contributed by atoms with Gasteiger partial charge in [0.05, 0.1) is 0 Å². The molecule has 3 nitrogen and oxygen atoms in total. The van der Waals surface area contributed by atoms with Crippen LogP contribution in [0.3, 0.4) is 0 Å². The first kappa shape index (κ1) is 15.2. The zero-order valence-electron chi connectivity index (χ0n) is 13.5. The summed E-state index contributed by atoms with van der Waals surface area (Å²) in [5.41, 5.74) is 2.96. The number of aryl methyl sites for hydroxylation is 1. The summed E-state index contributed by atoms with van der Waals surface area (Å²) in [6.45, 7) is 2.83. The summed E-state index contributed by atoms with van der Waals surface area (Å²) in [6.07, 6.45) is 1.72. The molecule has 1 aliphatic heterocycles. The second-order valence-electron chi connectivity index (χ2n) is 6.01. The van der Waals surface area contributed by atoms with Gasteiger partial charge in [-0.1, -0.05) is 54.1 Å². The number of carbonyl (C=O) groups is 1. The van der Waals surface area contributed by atoms with Gasteiger partial charge >= 0.3 is 0 Å². The highest BCUT2D eigenvalue weighted by Crippen LogP contribution is 2.39. The lowest BCUT2D eigenvalue weighted by Crippen LogP contribution is -2.31. The van der Waals surface area contributed by atoms with Crippen LogP contribution >= 0.6 is 11.8 Å². The van der Waals surface area contributed by atoms with E-state index in [1.165, 1.54) is 11.1 Å². The molecule has 0 radical (unpaired) electrons. The van der Waals surface area contributed by atoms with E-state index in [0.29, 0.717) is 5.69 Å². The molecular weight excluding hydrogens is 316 g/mol. The molecule has 3 aromatic rings. The van der Waals surface area contributed by atoms with Crippen LogP contribution in [0.1, 0.15) is 27.0 Å². The van der Waals surface area contributed by atoms with Gasteiger partial charge in [0.15, 0.2) is 0 Å². The van der Waals surface area contributed by atoms with Gasteiger partial charge in [-0.15, -0.1) is 11.8 Å². The van der Waals surface area contributed by atoms with Crippen LogP contribution < -0.4 is 0 Å². The lowest BCUT2D eigenvalue weighted by molar-refractivity contribution is 0.0756. The Labute approximate surface area is 145 Å². The summed E-state index contributed by atoms with van der Waals surface area (Å²) in [5, 5.41) is 2.04. The SMILES string of the molecule is Cc1ccc(C2SCCN2C(=O)c2nccc3ccccc23)cc1. The highest BCUT2D eigenvalue weighted by atomic mass is 32.2. The molecule has 1 saturated heterocycles. The van der Waals surface area contributed by atoms with Crippen molar-refractivity contribution in [3.05, 3.63) is 77.6 Å². The number of nitrogens with zero attached hydrogens (tertiary/aromatic N) is 2. The van der Waals surface area contributed by atoms with Gasteiger partial charge in [0.1, 0.15) is 11.1 Å². The number of thioether (sulfide) groups is 1. The number of carbonyl (C=O) groups excluding carboxylic acids is 1. The summed E-state index contributed by atoms with van der Waals surface area (Å²) >= 11 is 1.82. The molecule has 120 valence electrons. The maximum Gasteiger partial charge on any atom is 0.274 e. The Morgan fingerprint density at radius 1 is 1.12 bits per heavy atom. The van der Waals surface area contributed by atoms with E-state index in [-0.39, 0.29) is 11.3 Å². The zero-order valence-corrected chi connectivity index (χ0v) is 14.3. The second kappa shape index (κ2) is 6.29. The van der Waals surface area contributed by atoms with E-state index >= 15 is 0 Å². The minimum atomic E-state index is 0.0161. The van der Waals surface area contributed by atoms with Gasteiger partial charge in [0.2, 0.25) is 0 Å². The molecule has 4 rings (SSSR count). The van der Waals surface area contributed by atoms with Crippen molar-refractivity contribution in [3.63, 3.8) is 0 Å². The number of hydrogen-bond donors (Lipinski definition) is 0. The lowest BCUT2D eigenvalue weighted by Gasteiger charge is -2.24. The molecular formula is C20H18N2OS. The van der Waals surface area contributed by atoms with E-state index in [0.717, 1.165) is 23.1 Å². The number of fused-ring (bicyclic) bond motifs is 1. The maximum atomic E-state index is 13.2. The first-order chi connectivity index (χ1) is 11.7. The highest BCUT2D eigenvalue weighted by molar-refractivity contribution is 7.99. The monoisotopic (exact) mass is 334 g/mol. The molecule has 1 aromatic heterocycles. The third kappa shape index (κ3) is 2.67. The van der Waals surface area contributed by atoms with Gasteiger partial charge in [-0.2, -0.15) is 0 Å². The largest absolute Gasteiger partial charge is 0.320 e. The van der Waals surface area contributed by atoms with Crippen molar-refractivity contribution in [2.75, 3.05) is 12.3 Å². The van der Waals surface area contributed by atoms with Crippen molar-refractivity contribution in [1.82, 2.24) is 9.88 Å². The summed E-state index contributed by atoms with van der Waals surface area (Å²) < 4.78 is 0. The fourth-order valence-electron chi connectivity index (χ4n) is 3.11. The Hall–Kier alpha value is -2.33. The van der Waals surface area contributed by atoms with E-state index in [1.807, 2.05) is 47.0 Å². The Balaban J connectivity index is 1.71. The van der Waals surface area contributed by atoms with Crippen LogP contribution in [0.25, 0.3) is 10.8 Å². The molecule has 1 amide bonds. The Kier molecular flexibility index (Phi) is 3.98. The lowest BCUT2D eigenvalue weighted by atomic mass is 10.1. The third-order valence-corrected chi connectivity index (χ3v) is 5.65. The van der Waals surface area contributed by atoms with Crippen molar-refractivity contribution >= 4 is 28.4 Å². The van der Waals surface area contributed by atoms with E-state index in [1.54, 1.807) is 6.20 Å². The van der Waals surface area contributed by atoms with Crippen LogP contribution in [0, 0.1) is 6.92 Å². The average molecular weight is 334 g/mol. The molecule has 2 aromatic carbocycles. The molecule has 0 bridgehead atoms. The number of rotatable bonds is 2. The zero-order chi connectivity index (χ0) is 16.5. The number of hydrogen-bond acceptors (Lipinski definition) is 3. The molecule has 24 heavy (non-hydrogen) atoms. The van der Waals surface area contributed by atoms with Gasteiger partial charge < -0.3 is 4.90 Å². The second-order valence-corrected chi connectivity index (χ2v) is 7.20. The van der Waals surface area contributed by atoms with Crippen LogP contribution in [0.4, 0.5) is 0 Å². The molecule has 0 aliphatic carbocycles. The first-order valence-electron chi connectivity index (χ1n) is 8.07. The quantitative estimate of drug-likeness (QED) is 0.695. The van der Waals surface area contributed by atoms with Crippen molar-refractivity contribution < 1.29 is 4.79 Å². The van der Waals surface area contributed by atoms with Crippen molar-refractivity contribution in [1.29, 1.82) is 0 Å². The van der Waals surface area contributed by atoms with E-state index in [9.17, 15) is 4.79 Å². The number of amides is 1. The van der Waals surface area contributed by atoms with Crippen molar-refractivity contribution in [2.45, 2.75) is 12.3 Å². The summed E-state index contributed by atoms with van der Waals surface area (Å²) in [6, 6.07) is 18.3. The molecule has 0 spiro atoms. The van der Waals surface area contributed by atoms with Gasteiger partial charge in [-0.05, 0) is 23.9 Å². The number of benzene rings is 2. The minimum absolute atomic E-state index is 0.0161. The van der Waals surface area contributed by atoms with Crippen LogP contribution in [-0.2, 0) is 0 Å². The molecule has 1 unspecified atom stereocenters. The predicted octanol–water partition coefficient (Wildman–Crippen LogP) is 4.43. The van der Waals surface area contributed by atoms with E-state index in [4.69, 9.17) is 0 Å². The molecule has 1 fully saturated rings. The van der Waals surface area contributed by atoms with Crippen LogP contribution in [0.2, 0.25) is 0 Å². The molecule has 4 heteroatoms. The van der Waals surface area contributed by atoms with Gasteiger partial charge in [-0.25, -0.2) is 0 Å². The maximum absolute atomic E-state index is 13.2. The van der Waals surface area contributed by atoms with Gasteiger partial charge in [0, 0.05) is 23.9 Å². The number of pyridine rings is 1. The molecule has 1 atom stereocenters. The fourth-order valence-corrected chi connectivity index (χ4v) is 4.37. The smallest absolute Gasteiger partial charge is 0.274 e. The summed E-state index contributed by atoms with van der Waals surface area (Å²) in [4.78, 5) is 19.5. The third-order valence-electron chi connectivity index (χ3n) is 4.39. The van der Waals surface area contributed by atoms with E-state index in [2.05, 4.69) is 36.2 Å². The fraction of sp³-hybridized carbons (Fsp3) is 0.200. The van der Waals surface area contributed by atoms with Crippen LogP contribution in [0.15, 0.2) is 60.8 Å². The normalized spacial score (nSPS) is 17.4. The highest BCUT2D eigenvalue weighted by Gasteiger charge is 2.32. The topological polar surface area (TPSA) is 33.2 Å².